The zero-order valence-corrected chi connectivity index (χ0v) is 11.7. The largest absolute Gasteiger partial charge is 0.478 e. The molecule has 3 aromatic rings. The first-order valence-electron chi connectivity index (χ1n) is 6.70. The highest BCUT2D eigenvalue weighted by atomic mass is 16.4. The molecule has 0 saturated carbocycles. The maximum atomic E-state index is 11.5. The van der Waals surface area contributed by atoms with Crippen molar-refractivity contribution in [3.63, 3.8) is 0 Å². The van der Waals surface area contributed by atoms with Crippen LogP contribution in [0.15, 0.2) is 61.4 Å². The van der Waals surface area contributed by atoms with Crippen LogP contribution in [0, 0.1) is 11.8 Å². The van der Waals surface area contributed by atoms with E-state index >= 15 is 0 Å². The second kappa shape index (κ2) is 6.02. The van der Waals surface area contributed by atoms with Crippen LogP contribution >= 0.6 is 0 Å². The van der Waals surface area contributed by atoms with Crippen LogP contribution in [0.25, 0.3) is 5.69 Å². The average Bonchev–Trinajstić information content (AvgIpc) is 3.20. The second-order valence-corrected chi connectivity index (χ2v) is 4.63. The van der Waals surface area contributed by atoms with E-state index in [9.17, 15) is 9.90 Å². The molecule has 0 amide bonds. The monoisotopic (exact) mass is 291 g/mol. The SMILES string of the molecule is O=C(O)c1cccc(C#CCn2ccnc2)c1-n1cccc1. The fraction of sp³-hybridized carbons (Fsp3) is 0.0588. The molecule has 5 nitrogen and oxygen atoms in total. The summed E-state index contributed by atoms with van der Waals surface area (Å²) in [5.41, 5.74) is 1.49. The quantitative estimate of drug-likeness (QED) is 0.754. The highest BCUT2D eigenvalue weighted by Gasteiger charge is 2.14. The van der Waals surface area contributed by atoms with Crippen LogP contribution in [0.3, 0.4) is 0 Å². The van der Waals surface area contributed by atoms with Gasteiger partial charge in [-0.3, -0.25) is 0 Å². The van der Waals surface area contributed by atoms with Crippen molar-refractivity contribution in [1.82, 2.24) is 14.1 Å². The number of hydrogen-bond acceptors (Lipinski definition) is 2. The van der Waals surface area contributed by atoms with Gasteiger partial charge in [0.05, 0.1) is 24.1 Å². The zero-order valence-electron chi connectivity index (χ0n) is 11.7. The summed E-state index contributed by atoms with van der Waals surface area (Å²) in [4.78, 5) is 15.4. The summed E-state index contributed by atoms with van der Waals surface area (Å²) in [5.74, 6) is 5.12. The van der Waals surface area contributed by atoms with Gasteiger partial charge in [0.25, 0.3) is 0 Å². The molecule has 1 N–H and O–H groups in total. The van der Waals surface area contributed by atoms with Crippen LogP contribution in [-0.4, -0.2) is 25.2 Å². The number of imidazole rings is 1. The van der Waals surface area contributed by atoms with Crippen LogP contribution < -0.4 is 0 Å². The van der Waals surface area contributed by atoms with Crippen molar-refractivity contribution >= 4 is 5.97 Å². The van der Waals surface area contributed by atoms with Crippen LogP contribution in [-0.2, 0) is 6.54 Å². The highest BCUT2D eigenvalue weighted by Crippen LogP contribution is 2.19. The van der Waals surface area contributed by atoms with Crippen molar-refractivity contribution < 1.29 is 9.90 Å². The van der Waals surface area contributed by atoms with E-state index in [-0.39, 0.29) is 5.56 Å². The second-order valence-electron chi connectivity index (χ2n) is 4.63. The van der Waals surface area contributed by atoms with Crippen molar-refractivity contribution in [3.8, 4) is 17.5 Å². The summed E-state index contributed by atoms with van der Waals surface area (Å²) < 4.78 is 3.62. The van der Waals surface area contributed by atoms with Gasteiger partial charge in [-0.25, -0.2) is 9.78 Å². The fourth-order valence-corrected chi connectivity index (χ4v) is 2.19. The number of carboxylic acids is 1. The molecule has 0 bridgehead atoms. The van der Waals surface area contributed by atoms with Gasteiger partial charge < -0.3 is 14.2 Å². The van der Waals surface area contributed by atoms with E-state index in [0.717, 1.165) is 0 Å². The third kappa shape index (κ3) is 2.76. The number of rotatable bonds is 3. The van der Waals surface area contributed by atoms with Crippen LogP contribution in [0.2, 0.25) is 0 Å². The van der Waals surface area contributed by atoms with Crippen molar-refractivity contribution in [2.75, 3.05) is 0 Å². The van der Waals surface area contributed by atoms with Crippen LogP contribution in [0.1, 0.15) is 15.9 Å². The number of para-hydroxylation sites is 1. The molecule has 2 aromatic heterocycles. The van der Waals surface area contributed by atoms with Gasteiger partial charge >= 0.3 is 5.97 Å². The predicted molar refractivity (Wildman–Crippen MR) is 81.8 cm³/mol. The first kappa shape index (κ1) is 13.7. The lowest BCUT2D eigenvalue weighted by Crippen LogP contribution is -2.06. The van der Waals surface area contributed by atoms with Gasteiger partial charge in [-0.15, -0.1) is 0 Å². The lowest BCUT2D eigenvalue weighted by molar-refractivity contribution is 0.0697. The molecule has 0 aliphatic heterocycles. The molecule has 0 aliphatic carbocycles. The van der Waals surface area contributed by atoms with Gasteiger partial charge in [-0.05, 0) is 24.3 Å². The number of aromatic carboxylic acids is 1. The molecule has 0 unspecified atom stereocenters. The summed E-state index contributed by atoms with van der Waals surface area (Å²) in [6.07, 6.45) is 8.83. The van der Waals surface area contributed by atoms with Crippen LogP contribution in [0.4, 0.5) is 0 Å². The van der Waals surface area contributed by atoms with E-state index < -0.39 is 5.97 Å². The maximum absolute atomic E-state index is 11.5. The number of nitrogens with zero attached hydrogens (tertiary/aromatic N) is 3. The number of carbonyl (C=O) groups is 1. The van der Waals surface area contributed by atoms with Crippen molar-refractivity contribution in [2.45, 2.75) is 6.54 Å². The Morgan fingerprint density at radius 1 is 1.18 bits per heavy atom. The lowest BCUT2D eigenvalue weighted by atomic mass is 10.1. The van der Waals surface area contributed by atoms with Gasteiger partial charge in [-0.2, -0.15) is 0 Å². The first-order valence-corrected chi connectivity index (χ1v) is 6.70. The number of aromatic nitrogens is 3. The minimum Gasteiger partial charge on any atom is -0.478 e. The summed E-state index contributed by atoms with van der Waals surface area (Å²) >= 11 is 0. The molecule has 0 spiro atoms. The number of hydrogen-bond donors (Lipinski definition) is 1. The highest BCUT2D eigenvalue weighted by molar-refractivity contribution is 5.93. The van der Waals surface area contributed by atoms with E-state index in [1.807, 2.05) is 41.4 Å². The minimum atomic E-state index is -0.970. The lowest BCUT2D eigenvalue weighted by Gasteiger charge is -2.10. The standard InChI is InChI=1S/C17H13N3O2/c21-17(22)15-7-3-5-14(16(15)20-10-1-2-11-20)6-4-9-19-12-8-18-13-19/h1-3,5,7-8,10-13H,9H2,(H,21,22). The Morgan fingerprint density at radius 3 is 2.68 bits per heavy atom. The van der Waals surface area contributed by atoms with E-state index in [0.29, 0.717) is 17.8 Å². The Bertz CT molecular complexity index is 838. The van der Waals surface area contributed by atoms with Crippen molar-refractivity contribution in [2.24, 2.45) is 0 Å². The Morgan fingerprint density at radius 2 is 2.00 bits per heavy atom. The molecule has 3 rings (SSSR count). The van der Waals surface area contributed by atoms with E-state index in [2.05, 4.69) is 16.8 Å². The van der Waals surface area contributed by atoms with E-state index in [4.69, 9.17) is 0 Å². The molecule has 22 heavy (non-hydrogen) atoms. The predicted octanol–water partition coefficient (Wildman–Crippen LogP) is 2.42. The maximum Gasteiger partial charge on any atom is 0.337 e. The van der Waals surface area contributed by atoms with Crippen molar-refractivity contribution in [1.29, 1.82) is 0 Å². The van der Waals surface area contributed by atoms with Gasteiger partial charge in [0.15, 0.2) is 0 Å². The van der Waals surface area contributed by atoms with Gasteiger partial charge in [-0.1, -0.05) is 17.9 Å². The third-order valence-corrected chi connectivity index (χ3v) is 3.17. The molecule has 1 aromatic carbocycles. The van der Waals surface area contributed by atoms with Gasteiger partial charge in [0.1, 0.15) is 0 Å². The summed E-state index contributed by atoms with van der Waals surface area (Å²) in [6, 6.07) is 8.81. The summed E-state index contributed by atoms with van der Waals surface area (Å²) in [6.45, 7) is 0.502. The molecule has 2 heterocycles. The molecule has 5 heteroatoms. The van der Waals surface area contributed by atoms with Crippen LogP contribution in [0.5, 0.6) is 0 Å². The Labute approximate surface area is 127 Å². The Balaban J connectivity index is 2.02. The number of carboxylic acid groups (broad SMARTS) is 1. The fourth-order valence-electron chi connectivity index (χ4n) is 2.19. The Hall–Kier alpha value is -3.26. The normalized spacial score (nSPS) is 10.0. The van der Waals surface area contributed by atoms with E-state index in [1.165, 1.54) is 0 Å². The molecule has 0 fully saturated rings. The van der Waals surface area contributed by atoms with Crippen molar-refractivity contribution in [3.05, 3.63) is 72.6 Å². The first-order chi connectivity index (χ1) is 10.8. The third-order valence-electron chi connectivity index (χ3n) is 3.17. The molecule has 0 radical (unpaired) electrons. The molecule has 0 aliphatic rings. The summed E-state index contributed by atoms with van der Waals surface area (Å²) in [7, 11) is 0. The van der Waals surface area contributed by atoms with Gasteiger partial charge in [0, 0.05) is 30.4 Å². The minimum absolute atomic E-state index is 0.227. The molecular weight excluding hydrogens is 278 g/mol. The van der Waals surface area contributed by atoms with Gasteiger partial charge in [0.2, 0.25) is 0 Å². The molecule has 0 atom stereocenters. The Kier molecular flexibility index (Phi) is 3.75. The molecular formula is C17H13N3O2. The molecule has 108 valence electrons. The zero-order chi connectivity index (χ0) is 15.4. The molecule has 0 saturated heterocycles. The summed E-state index contributed by atoms with van der Waals surface area (Å²) in [5, 5.41) is 9.39. The topological polar surface area (TPSA) is 60.0 Å². The smallest absolute Gasteiger partial charge is 0.337 e. The number of benzene rings is 1. The van der Waals surface area contributed by atoms with E-state index in [1.54, 1.807) is 29.2 Å². The average molecular weight is 291 g/mol.